The summed E-state index contributed by atoms with van der Waals surface area (Å²) in [7, 11) is 0. The van der Waals surface area contributed by atoms with Crippen molar-refractivity contribution in [2.45, 2.75) is 13.0 Å². The molecule has 1 unspecified atom stereocenters. The van der Waals surface area contributed by atoms with E-state index in [0.29, 0.717) is 10.8 Å². The van der Waals surface area contributed by atoms with Gasteiger partial charge in [-0.2, -0.15) is 0 Å². The topological polar surface area (TPSA) is 77.0 Å². The number of aryl methyl sites for hydroxylation is 1. The molecule has 0 spiro atoms. The summed E-state index contributed by atoms with van der Waals surface area (Å²) < 4.78 is 1.01. The van der Waals surface area contributed by atoms with Crippen LogP contribution in [0.4, 0.5) is 5.82 Å². The molecule has 0 saturated carbocycles. The predicted molar refractivity (Wildman–Crippen MR) is 81.7 cm³/mol. The Kier molecular flexibility index (Phi) is 4.42. The molecule has 1 atom stereocenters. The van der Waals surface area contributed by atoms with Crippen LogP contribution in [0.2, 0.25) is 5.02 Å². The molecule has 1 aromatic heterocycles. The van der Waals surface area contributed by atoms with Crippen LogP contribution in [-0.4, -0.2) is 4.98 Å². The van der Waals surface area contributed by atoms with Crippen LogP contribution < -0.4 is 17.0 Å². The van der Waals surface area contributed by atoms with Gasteiger partial charge in [-0.3, -0.25) is 5.84 Å². The predicted octanol–water partition coefficient (Wildman–Crippen LogP) is 2.94. The van der Waals surface area contributed by atoms with Gasteiger partial charge in [-0.1, -0.05) is 39.7 Å². The number of hydrogen-bond acceptors (Lipinski definition) is 4. The zero-order valence-corrected chi connectivity index (χ0v) is 12.7. The number of nitrogens with two attached hydrogens (primary N) is 2. The van der Waals surface area contributed by atoms with Crippen molar-refractivity contribution in [3.8, 4) is 0 Å². The Hall–Kier alpha value is -1.14. The molecule has 0 saturated heterocycles. The molecule has 4 nitrogen and oxygen atoms in total. The number of anilines is 1. The van der Waals surface area contributed by atoms with Crippen LogP contribution in [-0.2, 0) is 0 Å². The lowest BCUT2D eigenvalue weighted by Crippen LogP contribution is -2.29. The molecule has 0 fully saturated rings. The quantitative estimate of drug-likeness (QED) is 0.592. The summed E-state index contributed by atoms with van der Waals surface area (Å²) in [5.74, 6) is 6.06. The van der Waals surface area contributed by atoms with Gasteiger partial charge in [-0.15, -0.1) is 0 Å². The standard InChI is InChI=1S/C13H14BrClN4/c1-7-2-3-8(4-11(7)14)12(19-17)10-5-9(15)6-18-13(10)16/h2-6,12,19H,17H2,1H3,(H2,16,18). The van der Waals surface area contributed by atoms with Gasteiger partial charge in [-0.05, 0) is 30.2 Å². The lowest BCUT2D eigenvalue weighted by atomic mass is 9.99. The zero-order valence-electron chi connectivity index (χ0n) is 10.3. The third kappa shape index (κ3) is 3.06. The molecular weight excluding hydrogens is 328 g/mol. The largest absolute Gasteiger partial charge is 0.383 e. The zero-order chi connectivity index (χ0) is 14.0. The van der Waals surface area contributed by atoms with E-state index in [1.807, 2.05) is 25.1 Å². The van der Waals surface area contributed by atoms with Gasteiger partial charge in [0.05, 0.1) is 11.1 Å². The number of aromatic nitrogens is 1. The van der Waals surface area contributed by atoms with Crippen molar-refractivity contribution < 1.29 is 0 Å². The van der Waals surface area contributed by atoms with E-state index in [1.54, 1.807) is 6.07 Å². The minimum absolute atomic E-state index is 0.261. The lowest BCUT2D eigenvalue weighted by molar-refractivity contribution is 0.636. The van der Waals surface area contributed by atoms with E-state index in [9.17, 15) is 0 Å². The van der Waals surface area contributed by atoms with E-state index in [0.717, 1.165) is 21.2 Å². The maximum Gasteiger partial charge on any atom is 0.128 e. The highest BCUT2D eigenvalue weighted by Crippen LogP contribution is 2.29. The fraction of sp³-hybridized carbons (Fsp3) is 0.154. The van der Waals surface area contributed by atoms with Crippen LogP contribution in [0.15, 0.2) is 34.9 Å². The van der Waals surface area contributed by atoms with E-state index in [4.69, 9.17) is 23.2 Å². The van der Waals surface area contributed by atoms with Crippen LogP contribution >= 0.6 is 27.5 Å². The van der Waals surface area contributed by atoms with Crippen molar-refractivity contribution in [2.75, 3.05) is 5.73 Å². The minimum Gasteiger partial charge on any atom is -0.383 e. The highest BCUT2D eigenvalue weighted by Gasteiger charge is 2.17. The maximum atomic E-state index is 5.97. The molecule has 2 aromatic rings. The van der Waals surface area contributed by atoms with Gasteiger partial charge in [0.1, 0.15) is 5.82 Å². The summed E-state index contributed by atoms with van der Waals surface area (Å²) in [5.41, 5.74) is 11.5. The average molecular weight is 342 g/mol. The first kappa shape index (κ1) is 14.3. The molecule has 1 heterocycles. The number of halogens is 2. The first-order valence-corrected chi connectivity index (χ1v) is 6.83. The Morgan fingerprint density at radius 3 is 2.74 bits per heavy atom. The minimum atomic E-state index is -0.261. The van der Waals surface area contributed by atoms with Gasteiger partial charge >= 0.3 is 0 Å². The molecule has 0 radical (unpaired) electrons. The van der Waals surface area contributed by atoms with Crippen molar-refractivity contribution in [1.29, 1.82) is 0 Å². The smallest absolute Gasteiger partial charge is 0.128 e. The summed E-state index contributed by atoms with van der Waals surface area (Å²) >= 11 is 9.47. The number of benzene rings is 1. The van der Waals surface area contributed by atoms with Gasteiger partial charge < -0.3 is 5.73 Å². The van der Waals surface area contributed by atoms with Crippen LogP contribution in [0.25, 0.3) is 0 Å². The Labute approximate surface area is 125 Å². The van der Waals surface area contributed by atoms with Crippen molar-refractivity contribution in [1.82, 2.24) is 10.4 Å². The molecule has 0 aliphatic heterocycles. The summed E-state index contributed by atoms with van der Waals surface area (Å²) in [6, 6.07) is 7.51. The molecule has 6 heteroatoms. The fourth-order valence-corrected chi connectivity index (χ4v) is 2.41. The van der Waals surface area contributed by atoms with Crippen molar-refractivity contribution in [2.24, 2.45) is 5.84 Å². The highest BCUT2D eigenvalue weighted by molar-refractivity contribution is 9.10. The molecular formula is C13H14BrClN4. The van der Waals surface area contributed by atoms with Gasteiger partial charge in [0, 0.05) is 16.2 Å². The third-order valence-corrected chi connectivity index (χ3v) is 3.98. The molecule has 0 bridgehead atoms. The number of nitrogens with zero attached hydrogens (tertiary/aromatic N) is 1. The normalized spacial score (nSPS) is 12.4. The second-order valence-corrected chi connectivity index (χ2v) is 5.53. The fourth-order valence-electron chi connectivity index (χ4n) is 1.85. The number of nitrogen functional groups attached to an aromatic ring is 1. The Bertz CT molecular complexity index is 603. The van der Waals surface area contributed by atoms with Gasteiger partial charge in [0.15, 0.2) is 0 Å². The SMILES string of the molecule is Cc1ccc(C(NN)c2cc(Cl)cnc2N)cc1Br. The molecule has 2 rings (SSSR count). The summed E-state index contributed by atoms with van der Waals surface area (Å²) in [5, 5.41) is 0.524. The Morgan fingerprint density at radius 1 is 1.37 bits per heavy atom. The van der Waals surface area contributed by atoms with Crippen LogP contribution in [0.3, 0.4) is 0 Å². The van der Waals surface area contributed by atoms with Crippen LogP contribution in [0.5, 0.6) is 0 Å². The molecule has 0 aliphatic carbocycles. The molecule has 0 amide bonds. The number of nitrogens with one attached hydrogen (secondary N) is 1. The Balaban J connectivity index is 2.49. The first-order chi connectivity index (χ1) is 9.02. The van der Waals surface area contributed by atoms with Gasteiger partial charge in [0.25, 0.3) is 0 Å². The number of rotatable bonds is 3. The summed E-state index contributed by atoms with van der Waals surface area (Å²) in [6.45, 7) is 2.02. The van der Waals surface area contributed by atoms with Crippen LogP contribution in [0.1, 0.15) is 22.7 Å². The number of hydrogen-bond donors (Lipinski definition) is 3. The van der Waals surface area contributed by atoms with E-state index in [-0.39, 0.29) is 6.04 Å². The van der Waals surface area contributed by atoms with E-state index < -0.39 is 0 Å². The molecule has 1 aromatic carbocycles. The number of pyridine rings is 1. The number of hydrazine groups is 1. The van der Waals surface area contributed by atoms with Crippen molar-refractivity contribution in [3.63, 3.8) is 0 Å². The summed E-state index contributed by atoms with van der Waals surface area (Å²) in [4.78, 5) is 4.05. The Morgan fingerprint density at radius 2 is 2.11 bits per heavy atom. The van der Waals surface area contributed by atoms with Crippen molar-refractivity contribution >= 4 is 33.3 Å². The molecule has 100 valence electrons. The van der Waals surface area contributed by atoms with E-state index in [1.165, 1.54) is 6.20 Å². The molecule has 5 N–H and O–H groups in total. The molecule has 19 heavy (non-hydrogen) atoms. The third-order valence-electron chi connectivity index (χ3n) is 2.92. The second kappa shape index (κ2) is 5.88. The average Bonchev–Trinajstić information content (AvgIpc) is 2.38. The maximum absolute atomic E-state index is 5.97. The van der Waals surface area contributed by atoms with Gasteiger partial charge in [0.2, 0.25) is 0 Å². The molecule has 0 aliphatic rings. The van der Waals surface area contributed by atoms with Gasteiger partial charge in [-0.25, -0.2) is 10.4 Å². The first-order valence-electron chi connectivity index (χ1n) is 5.66. The van der Waals surface area contributed by atoms with E-state index >= 15 is 0 Å². The van der Waals surface area contributed by atoms with Crippen LogP contribution in [0, 0.1) is 6.92 Å². The summed E-state index contributed by atoms with van der Waals surface area (Å²) in [6.07, 6.45) is 1.51. The highest BCUT2D eigenvalue weighted by atomic mass is 79.9. The monoisotopic (exact) mass is 340 g/mol. The lowest BCUT2D eigenvalue weighted by Gasteiger charge is -2.19. The van der Waals surface area contributed by atoms with E-state index in [2.05, 4.69) is 26.3 Å². The van der Waals surface area contributed by atoms with Crippen molar-refractivity contribution in [3.05, 3.63) is 56.6 Å². The second-order valence-electron chi connectivity index (χ2n) is 4.24.